The van der Waals surface area contributed by atoms with Crippen LogP contribution < -0.4 is 75.9 Å². The fourth-order valence-electron chi connectivity index (χ4n) is 10.5. The maximum absolute atomic E-state index is 14.2. The van der Waals surface area contributed by atoms with Gasteiger partial charge in [0, 0.05) is 81.8 Å². The van der Waals surface area contributed by atoms with Crippen LogP contribution in [0, 0.1) is 10.8 Å². The number of nitrogen functional groups attached to an aromatic ring is 1. The van der Waals surface area contributed by atoms with Crippen LogP contribution in [0.15, 0.2) is 59.5 Å². The number of anilines is 3. The van der Waals surface area contributed by atoms with Gasteiger partial charge in [-0.15, -0.1) is 0 Å². The molecule has 102 heavy (non-hydrogen) atoms. The topological polar surface area (TPSA) is 636 Å². The smallest absolute Gasteiger partial charge is 0.326 e. The number of aliphatic carboxylic acids is 6. The molecule has 4 aromatic rings. The number of unbranched alkanes of at least 4 members (excludes halogenated alkanes) is 1. The molecule has 1 fully saturated rings. The Morgan fingerprint density at radius 2 is 1.13 bits per heavy atom. The number of nitrogens with zero attached hydrogens (tertiary/aromatic N) is 6. The van der Waals surface area contributed by atoms with E-state index in [1.165, 1.54) is 30.5 Å². The van der Waals surface area contributed by atoms with E-state index in [0.717, 1.165) is 5.56 Å². The van der Waals surface area contributed by atoms with Crippen LogP contribution in [0.5, 0.6) is 0 Å². The van der Waals surface area contributed by atoms with Gasteiger partial charge in [-0.25, -0.2) is 19.6 Å². The van der Waals surface area contributed by atoms with E-state index in [1.807, 2.05) is 0 Å². The summed E-state index contributed by atoms with van der Waals surface area (Å²) in [5.74, 6) is -13.9. The Morgan fingerprint density at radius 3 is 1.71 bits per heavy atom. The van der Waals surface area contributed by atoms with Crippen molar-refractivity contribution in [3.05, 3.63) is 81.9 Å². The number of hydrogen-bond donors (Lipinski definition) is 22. The fourth-order valence-corrected chi connectivity index (χ4v) is 10.8. The molecule has 554 valence electrons. The zero-order chi connectivity index (χ0) is 75.0. The summed E-state index contributed by atoms with van der Waals surface area (Å²) in [6.07, 6.45) is -0.464. The summed E-state index contributed by atoms with van der Waals surface area (Å²) in [5, 5.41) is 100. The summed E-state index contributed by atoms with van der Waals surface area (Å²) in [5.41, 5.74) is 18.1. The first-order chi connectivity index (χ1) is 48.4. The predicted molar refractivity (Wildman–Crippen MR) is 370 cm³/mol. The predicted octanol–water partition coefficient (Wildman–Crippen LogP) is -3.86. The number of hydrogen-bond acceptors (Lipinski definition) is 23. The number of fused-ring (bicyclic) bond motifs is 1. The lowest BCUT2D eigenvalue weighted by molar-refractivity contribution is -0.142. The van der Waals surface area contributed by atoms with E-state index in [9.17, 15) is 88.2 Å². The molecule has 41 heteroatoms. The number of carboxylic acids is 6. The largest absolute Gasteiger partial charge is 0.481 e. The molecule has 5 amide bonds. The molecule has 0 spiro atoms. The number of guanidine groups is 2. The average Bonchev–Trinajstić information content (AvgIpc) is 0.855. The molecule has 5 rings (SSSR count). The molecule has 1 saturated heterocycles. The van der Waals surface area contributed by atoms with Crippen LogP contribution in [0.2, 0.25) is 0 Å². The molecule has 40 nitrogen and oxygen atoms in total. The third-order valence-electron chi connectivity index (χ3n) is 15.6. The van der Waals surface area contributed by atoms with Crippen LogP contribution in [-0.2, 0) is 60.9 Å². The number of aromatic amines is 1. The van der Waals surface area contributed by atoms with E-state index in [4.69, 9.17) is 40.2 Å². The Kier molecular flexibility index (Phi) is 32.8. The standard InChI is InChI=1S/C61H86N22O18S/c62-58(63)67-19-3-6-39(76-54(96)43(26-45(85)86)74-44(84)17-16-42(57(100)101)77-51(93)34-10-14-35(15-11-34)70-27-37-28-71-50-49(72-37)55(97)80-60(66)79-50)52(94)75-40(7-4-20-68-59(64)65)53(95)78-41(56(98)99)5-1-2-18-69-61(102)73-36-12-8-33(9-13-36)25-38-29-82(31-47(89)90)22-21-81(30-46(87)88)23-24-83(38)32-48(91)92/h8-15,28,38-43,70H,1-7,16-27,29-32H2,(H,74,84)(H,75,94)(H,76,96)(H,77,93)(H,78,95)(H,85,86)(H,87,88)(H,89,90)(H,91,92)(H,98,99)(H,100,101)(H4,62,63,67)(H4,64,65,68)(H2,69,73,102)(H3,66,71,79,80,97)/t38?,39-,40-,41-,42-,43-/m0/s1. The first-order valence-electron chi connectivity index (χ1n) is 32.1. The highest BCUT2D eigenvalue weighted by Crippen LogP contribution is 2.18. The molecule has 1 aliphatic heterocycles. The summed E-state index contributed by atoms with van der Waals surface area (Å²) < 4.78 is 0. The van der Waals surface area contributed by atoms with Crippen molar-refractivity contribution in [2.24, 2.45) is 11.5 Å². The first kappa shape index (κ1) is 81.2. The van der Waals surface area contributed by atoms with E-state index in [2.05, 4.69) is 73.1 Å². The summed E-state index contributed by atoms with van der Waals surface area (Å²) in [6, 6.07) is 4.21. The van der Waals surface area contributed by atoms with Crippen molar-refractivity contribution in [3.63, 3.8) is 0 Å². The number of nitrogens with one attached hydrogen (secondary N) is 13. The van der Waals surface area contributed by atoms with E-state index in [-0.39, 0.29) is 145 Å². The molecule has 0 aliphatic carbocycles. The minimum absolute atomic E-state index is 0.0136. The van der Waals surface area contributed by atoms with Crippen molar-refractivity contribution in [1.29, 1.82) is 10.8 Å². The maximum Gasteiger partial charge on any atom is 0.326 e. The number of rotatable bonds is 41. The van der Waals surface area contributed by atoms with Crippen molar-refractivity contribution < 1.29 is 83.4 Å². The van der Waals surface area contributed by atoms with Gasteiger partial charge in [-0.3, -0.25) is 78.4 Å². The number of carboxylic acid groups (broad SMARTS) is 6. The lowest BCUT2D eigenvalue weighted by atomic mass is 10.0. The van der Waals surface area contributed by atoms with Crippen LogP contribution in [0.4, 0.5) is 17.3 Å². The number of amides is 5. The second-order valence-corrected chi connectivity index (χ2v) is 24.0. The molecule has 1 unspecified atom stereocenters. The van der Waals surface area contributed by atoms with E-state index < -0.39 is 138 Å². The van der Waals surface area contributed by atoms with Crippen molar-refractivity contribution in [2.45, 2.75) is 113 Å². The molecule has 2 aromatic heterocycles. The molecule has 0 saturated carbocycles. The van der Waals surface area contributed by atoms with Crippen molar-refractivity contribution in [3.8, 4) is 0 Å². The van der Waals surface area contributed by atoms with Crippen molar-refractivity contribution in [1.82, 2.24) is 77.2 Å². The zero-order valence-corrected chi connectivity index (χ0v) is 56.1. The van der Waals surface area contributed by atoms with Gasteiger partial charge in [0.1, 0.15) is 30.2 Å². The molecule has 6 atom stereocenters. The molecule has 0 bridgehead atoms. The Morgan fingerprint density at radius 1 is 0.598 bits per heavy atom. The third-order valence-corrected chi connectivity index (χ3v) is 15.9. The van der Waals surface area contributed by atoms with Crippen LogP contribution >= 0.6 is 12.2 Å². The highest BCUT2D eigenvalue weighted by Gasteiger charge is 2.34. The quantitative estimate of drug-likeness (QED) is 0.00875. The van der Waals surface area contributed by atoms with Crippen LogP contribution in [0.1, 0.15) is 85.8 Å². The molecule has 1 aliphatic rings. The zero-order valence-electron chi connectivity index (χ0n) is 55.3. The Labute approximate surface area is 587 Å². The number of benzene rings is 2. The SMILES string of the molecule is N=C(N)NCCC[C@H](NC(=O)[C@H](CCCNC(=N)N)NC(=O)[C@H](CC(=O)O)NC(=O)CC[C@H](NC(=O)c1ccc(NCc2cnc3nc(N)[nH]c(=O)c3n2)cc1)C(=O)O)C(=O)N[C@@H](CCCCNC(=S)Nc1ccc(CC2CN(CC(=O)O)CCN(CC(=O)O)CCN2CC(=O)O)cc1)C(=O)O. The van der Waals surface area contributed by atoms with Crippen molar-refractivity contribution in [2.75, 3.05) is 88.4 Å². The third kappa shape index (κ3) is 29.5. The van der Waals surface area contributed by atoms with Crippen LogP contribution in [0.3, 0.4) is 0 Å². The van der Waals surface area contributed by atoms with Gasteiger partial charge in [0.2, 0.25) is 29.6 Å². The fraction of sp³-hybridized carbons (Fsp3) is 0.475. The van der Waals surface area contributed by atoms with Gasteiger partial charge >= 0.3 is 35.8 Å². The lowest BCUT2D eigenvalue weighted by Crippen LogP contribution is -2.58. The molecular weight excluding hydrogens is 1360 g/mol. The first-order valence-corrected chi connectivity index (χ1v) is 32.5. The summed E-state index contributed by atoms with van der Waals surface area (Å²) in [4.78, 5) is 173. The molecule has 0 radical (unpaired) electrons. The molecule has 3 heterocycles. The van der Waals surface area contributed by atoms with E-state index >= 15 is 0 Å². The second kappa shape index (κ2) is 41.2. The highest BCUT2D eigenvalue weighted by molar-refractivity contribution is 7.80. The van der Waals surface area contributed by atoms with E-state index in [1.54, 1.807) is 39.0 Å². The van der Waals surface area contributed by atoms with Gasteiger partial charge < -0.3 is 101 Å². The lowest BCUT2D eigenvalue weighted by Gasteiger charge is -2.33. The molecule has 25 N–H and O–H groups in total. The summed E-state index contributed by atoms with van der Waals surface area (Å²) in [6.45, 7) is 0.523. The average molecular weight is 1450 g/mol. The normalized spacial score (nSPS) is 14.9. The Hall–Kier alpha value is -11.5. The molecular formula is C61H86N22O18S. The number of carbonyl (C=O) groups excluding carboxylic acids is 5. The van der Waals surface area contributed by atoms with Crippen LogP contribution in [-0.4, -0.2) is 256 Å². The van der Waals surface area contributed by atoms with Gasteiger partial charge in [-0.2, -0.15) is 4.98 Å². The minimum Gasteiger partial charge on any atom is -0.481 e. The Bertz CT molecular complexity index is 3700. The number of carbonyl (C=O) groups is 11. The number of nitrogens with two attached hydrogens (primary N) is 3. The summed E-state index contributed by atoms with van der Waals surface area (Å²) >= 11 is 5.49. The van der Waals surface area contributed by atoms with Gasteiger partial charge in [0.25, 0.3) is 11.5 Å². The van der Waals surface area contributed by atoms with Gasteiger partial charge in [-0.05, 0) is 112 Å². The molecule has 2 aromatic carbocycles. The maximum atomic E-state index is 14.2. The van der Waals surface area contributed by atoms with Crippen LogP contribution in [0.25, 0.3) is 11.2 Å². The van der Waals surface area contributed by atoms with Gasteiger partial charge in [0.15, 0.2) is 28.2 Å². The van der Waals surface area contributed by atoms with E-state index in [0.29, 0.717) is 29.9 Å². The van der Waals surface area contributed by atoms with Gasteiger partial charge in [0.05, 0.1) is 44.5 Å². The van der Waals surface area contributed by atoms with Crippen molar-refractivity contribution >= 4 is 123 Å². The summed E-state index contributed by atoms with van der Waals surface area (Å²) in [7, 11) is 0. The number of aromatic nitrogens is 4. The minimum atomic E-state index is -1.89. The highest BCUT2D eigenvalue weighted by atomic mass is 32.1. The Balaban J connectivity index is 1.16. The number of thiocarbonyl (C=S) groups is 1. The van der Waals surface area contributed by atoms with Gasteiger partial charge in [-0.1, -0.05) is 12.1 Å². The second-order valence-electron chi connectivity index (χ2n) is 23.6. The number of H-pyrrole nitrogens is 1. The monoisotopic (exact) mass is 1450 g/mol.